The van der Waals surface area contributed by atoms with E-state index in [-0.39, 0.29) is 18.6 Å². The van der Waals surface area contributed by atoms with Crippen molar-refractivity contribution in [2.24, 2.45) is 0 Å². The Balaban J connectivity index is 1.65. The standard InChI is InChI=1S/C20H24F3N3O2/c1-28-12-18(27)25-9-7-15(8-10-25)26-17-6-5-14(20(21,22)23)11-16(17)24-19(26)13-3-2-4-13/h5-6,11,13,15H,2-4,7-10,12H2,1H3. The van der Waals surface area contributed by atoms with Crippen molar-refractivity contribution < 1.29 is 22.7 Å². The van der Waals surface area contributed by atoms with Crippen molar-refractivity contribution in [1.82, 2.24) is 14.5 Å². The number of carbonyl (C=O) groups is 1. The van der Waals surface area contributed by atoms with Gasteiger partial charge in [-0.05, 0) is 43.9 Å². The predicted molar refractivity (Wildman–Crippen MR) is 98.1 cm³/mol. The number of rotatable bonds is 4. The van der Waals surface area contributed by atoms with Crippen LogP contribution in [0.4, 0.5) is 13.2 Å². The van der Waals surface area contributed by atoms with Gasteiger partial charge in [0.05, 0.1) is 16.6 Å². The minimum absolute atomic E-state index is 0.0227. The zero-order valence-corrected chi connectivity index (χ0v) is 15.8. The second-order valence-electron chi connectivity index (χ2n) is 7.71. The molecule has 0 bridgehead atoms. The van der Waals surface area contributed by atoms with E-state index in [0.29, 0.717) is 24.5 Å². The molecule has 4 rings (SSSR count). The highest BCUT2D eigenvalue weighted by atomic mass is 19.4. The second kappa shape index (κ2) is 7.39. The van der Waals surface area contributed by atoms with Crippen LogP contribution >= 0.6 is 0 Å². The van der Waals surface area contributed by atoms with Crippen molar-refractivity contribution in [2.75, 3.05) is 26.8 Å². The summed E-state index contributed by atoms with van der Waals surface area (Å²) in [7, 11) is 1.50. The number of amides is 1. The molecular formula is C20H24F3N3O2. The Morgan fingerprint density at radius 1 is 1.21 bits per heavy atom. The number of hydrogen-bond acceptors (Lipinski definition) is 3. The molecule has 2 aliphatic rings. The molecule has 152 valence electrons. The van der Waals surface area contributed by atoms with Crippen LogP contribution in [0.2, 0.25) is 0 Å². The number of piperidine rings is 1. The van der Waals surface area contributed by atoms with Gasteiger partial charge in [-0.1, -0.05) is 6.42 Å². The number of alkyl halides is 3. The maximum absolute atomic E-state index is 13.1. The first kappa shape index (κ1) is 19.2. The van der Waals surface area contributed by atoms with Crippen LogP contribution in [0.25, 0.3) is 11.0 Å². The normalized spacial score (nSPS) is 19.2. The second-order valence-corrected chi connectivity index (χ2v) is 7.71. The van der Waals surface area contributed by atoms with Gasteiger partial charge in [0.25, 0.3) is 0 Å². The van der Waals surface area contributed by atoms with Crippen LogP contribution in [-0.2, 0) is 15.7 Å². The first-order valence-electron chi connectivity index (χ1n) is 9.74. The molecule has 1 aliphatic carbocycles. The van der Waals surface area contributed by atoms with Gasteiger partial charge in [0.2, 0.25) is 5.91 Å². The van der Waals surface area contributed by atoms with Gasteiger partial charge in [-0.3, -0.25) is 4.79 Å². The minimum atomic E-state index is -4.37. The van der Waals surface area contributed by atoms with Crippen molar-refractivity contribution >= 4 is 16.9 Å². The molecule has 1 aromatic heterocycles. The highest BCUT2D eigenvalue weighted by molar-refractivity contribution is 5.78. The number of halogens is 3. The lowest BCUT2D eigenvalue weighted by Gasteiger charge is -2.35. The predicted octanol–water partition coefficient (Wildman–Crippen LogP) is 4.13. The van der Waals surface area contributed by atoms with E-state index in [1.165, 1.54) is 7.11 Å². The molecule has 2 heterocycles. The molecule has 0 spiro atoms. The van der Waals surface area contributed by atoms with Crippen molar-refractivity contribution in [3.8, 4) is 0 Å². The molecule has 0 atom stereocenters. The molecule has 8 heteroatoms. The summed E-state index contributed by atoms with van der Waals surface area (Å²) in [5.74, 6) is 1.20. The van der Waals surface area contributed by atoms with Crippen LogP contribution < -0.4 is 0 Å². The Labute approximate surface area is 161 Å². The Kier molecular flexibility index (Phi) is 5.07. The highest BCUT2D eigenvalue weighted by Crippen LogP contribution is 2.41. The van der Waals surface area contributed by atoms with Gasteiger partial charge in [0.15, 0.2) is 0 Å². The highest BCUT2D eigenvalue weighted by Gasteiger charge is 2.34. The number of hydrogen-bond donors (Lipinski definition) is 0. The third-order valence-electron chi connectivity index (χ3n) is 5.96. The fourth-order valence-electron chi connectivity index (χ4n) is 4.22. The maximum Gasteiger partial charge on any atom is 0.416 e. The lowest BCUT2D eigenvalue weighted by atomic mass is 9.84. The Morgan fingerprint density at radius 2 is 1.93 bits per heavy atom. The molecular weight excluding hydrogens is 371 g/mol. The molecule has 1 amide bonds. The van der Waals surface area contributed by atoms with Gasteiger partial charge in [0.1, 0.15) is 12.4 Å². The number of nitrogens with zero attached hydrogens (tertiary/aromatic N) is 3. The molecule has 0 unspecified atom stereocenters. The molecule has 5 nitrogen and oxygen atoms in total. The number of aromatic nitrogens is 2. The first-order valence-corrected chi connectivity index (χ1v) is 9.74. The number of benzene rings is 1. The summed E-state index contributed by atoms with van der Waals surface area (Å²) < 4.78 is 46.4. The van der Waals surface area contributed by atoms with Crippen LogP contribution in [0.3, 0.4) is 0 Å². The summed E-state index contributed by atoms with van der Waals surface area (Å²) in [5, 5.41) is 0. The van der Waals surface area contributed by atoms with Crippen LogP contribution in [-0.4, -0.2) is 47.2 Å². The molecule has 2 aromatic rings. The number of fused-ring (bicyclic) bond motifs is 1. The largest absolute Gasteiger partial charge is 0.416 e. The van der Waals surface area contributed by atoms with Gasteiger partial charge >= 0.3 is 6.18 Å². The van der Waals surface area contributed by atoms with Crippen molar-refractivity contribution in [3.05, 3.63) is 29.6 Å². The third kappa shape index (κ3) is 3.50. The van der Waals surface area contributed by atoms with Crippen molar-refractivity contribution in [2.45, 2.75) is 50.2 Å². The average molecular weight is 395 g/mol. The van der Waals surface area contributed by atoms with Crippen LogP contribution in [0, 0.1) is 0 Å². The number of carbonyl (C=O) groups excluding carboxylic acids is 1. The topological polar surface area (TPSA) is 47.4 Å². The summed E-state index contributed by atoms with van der Waals surface area (Å²) in [4.78, 5) is 18.5. The molecule has 1 saturated heterocycles. The van der Waals surface area contributed by atoms with E-state index in [4.69, 9.17) is 4.74 Å². The van der Waals surface area contributed by atoms with E-state index in [1.807, 2.05) is 0 Å². The van der Waals surface area contributed by atoms with Crippen LogP contribution in [0.15, 0.2) is 18.2 Å². The van der Waals surface area contributed by atoms with Crippen LogP contribution in [0.5, 0.6) is 0 Å². The molecule has 0 radical (unpaired) electrons. The van der Waals surface area contributed by atoms with Gasteiger partial charge in [0, 0.05) is 32.2 Å². The van der Waals surface area contributed by atoms with Gasteiger partial charge < -0.3 is 14.2 Å². The van der Waals surface area contributed by atoms with E-state index in [9.17, 15) is 18.0 Å². The van der Waals surface area contributed by atoms with Crippen molar-refractivity contribution in [1.29, 1.82) is 0 Å². The lowest BCUT2D eigenvalue weighted by Crippen LogP contribution is -2.41. The summed E-state index contributed by atoms with van der Waals surface area (Å²) in [5.41, 5.74) is 0.510. The summed E-state index contributed by atoms with van der Waals surface area (Å²) >= 11 is 0. The summed E-state index contributed by atoms with van der Waals surface area (Å²) in [6, 6.07) is 3.99. The SMILES string of the molecule is COCC(=O)N1CCC(n2c(C3CCC3)nc3cc(C(F)(F)F)ccc32)CC1. The number of ether oxygens (including phenoxy) is 1. The fourth-order valence-corrected chi connectivity index (χ4v) is 4.22. The van der Waals surface area contributed by atoms with Crippen LogP contribution in [0.1, 0.15) is 55.5 Å². The minimum Gasteiger partial charge on any atom is -0.375 e. The molecule has 1 aromatic carbocycles. The fraction of sp³-hybridized carbons (Fsp3) is 0.600. The number of methoxy groups -OCH3 is 1. The molecule has 1 aliphatic heterocycles. The Morgan fingerprint density at radius 3 is 2.50 bits per heavy atom. The summed E-state index contributed by atoms with van der Waals surface area (Å²) in [6.45, 7) is 1.32. The molecule has 1 saturated carbocycles. The van der Waals surface area contributed by atoms with E-state index in [1.54, 1.807) is 11.0 Å². The quantitative estimate of drug-likeness (QED) is 0.782. The smallest absolute Gasteiger partial charge is 0.375 e. The molecule has 28 heavy (non-hydrogen) atoms. The monoisotopic (exact) mass is 395 g/mol. The average Bonchev–Trinajstić information content (AvgIpc) is 2.97. The van der Waals surface area contributed by atoms with E-state index < -0.39 is 11.7 Å². The third-order valence-corrected chi connectivity index (χ3v) is 5.96. The van der Waals surface area contributed by atoms with Gasteiger partial charge in [-0.15, -0.1) is 0 Å². The molecule has 2 fully saturated rings. The van der Waals surface area contributed by atoms with E-state index in [0.717, 1.165) is 55.6 Å². The first-order chi connectivity index (χ1) is 13.4. The Hall–Kier alpha value is -2.09. The zero-order valence-electron chi connectivity index (χ0n) is 15.8. The van der Waals surface area contributed by atoms with E-state index in [2.05, 4.69) is 9.55 Å². The molecule has 0 N–H and O–H groups in total. The van der Waals surface area contributed by atoms with Gasteiger partial charge in [-0.25, -0.2) is 4.98 Å². The lowest BCUT2D eigenvalue weighted by molar-refractivity contribution is -0.137. The summed E-state index contributed by atoms with van der Waals surface area (Å²) in [6.07, 6.45) is 0.345. The van der Waals surface area contributed by atoms with Crippen molar-refractivity contribution in [3.63, 3.8) is 0 Å². The Bertz CT molecular complexity index is 865. The van der Waals surface area contributed by atoms with E-state index >= 15 is 0 Å². The van der Waals surface area contributed by atoms with Gasteiger partial charge in [-0.2, -0.15) is 13.2 Å². The number of likely N-dealkylation sites (tertiary alicyclic amines) is 1. The number of imidazole rings is 1. The zero-order chi connectivity index (χ0) is 19.9. The maximum atomic E-state index is 13.1.